The second kappa shape index (κ2) is 8.30. The maximum absolute atomic E-state index is 13.6. The minimum Gasteiger partial charge on any atom is -0.494 e. The van der Waals surface area contributed by atoms with Gasteiger partial charge in [0.25, 0.3) is 5.91 Å². The predicted molar refractivity (Wildman–Crippen MR) is 122 cm³/mol. The quantitative estimate of drug-likeness (QED) is 0.525. The van der Waals surface area contributed by atoms with Crippen LogP contribution in [0.5, 0.6) is 5.75 Å². The molecular formula is C25H21ClN2O4. The van der Waals surface area contributed by atoms with Crippen LogP contribution in [0.1, 0.15) is 18.5 Å². The van der Waals surface area contributed by atoms with Gasteiger partial charge >= 0.3 is 0 Å². The van der Waals surface area contributed by atoms with E-state index in [2.05, 4.69) is 0 Å². The summed E-state index contributed by atoms with van der Waals surface area (Å²) in [5.41, 5.74) is 2.12. The van der Waals surface area contributed by atoms with Crippen LogP contribution in [-0.2, 0) is 14.4 Å². The molecule has 2 heterocycles. The van der Waals surface area contributed by atoms with Gasteiger partial charge in [0.15, 0.2) is 6.10 Å². The number of fused-ring (bicyclic) bond motifs is 1. The molecular weight excluding hydrogens is 428 g/mol. The first-order valence-corrected chi connectivity index (χ1v) is 10.8. The van der Waals surface area contributed by atoms with Crippen molar-refractivity contribution < 1.29 is 19.2 Å². The highest BCUT2D eigenvalue weighted by Crippen LogP contribution is 2.47. The Morgan fingerprint density at radius 1 is 0.875 bits per heavy atom. The Morgan fingerprint density at radius 3 is 2.22 bits per heavy atom. The Balaban J connectivity index is 1.53. The minimum absolute atomic E-state index is 0.289. The van der Waals surface area contributed by atoms with E-state index in [-0.39, 0.29) is 11.8 Å². The third-order valence-corrected chi connectivity index (χ3v) is 6.00. The molecule has 0 unspecified atom stereocenters. The number of ether oxygens (including phenoxy) is 1. The van der Waals surface area contributed by atoms with Gasteiger partial charge in [-0.25, -0.2) is 9.96 Å². The zero-order chi connectivity index (χ0) is 22.2. The largest absolute Gasteiger partial charge is 0.494 e. The van der Waals surface area contributed by atoms with Crippen LogP contribution in [-0.4, -0.2) is 24.5 Å². The molecule has 3 aromatic carbocycles. The molecule has 2 amide bonds. The number of carbonyl (C=O) groups excluding carboxylic acids is 2. The van der Waals surface area contributed by atoms with Crippen LogP contribution in [0.4, 0.5) is 11.4 Å². The molecule has 0 aliphatic carbocycles. The number of imide groups is 1. The van der Waals surface area contributed by atoms with Crippen molar-refractivity contribution in [2.75, 3.05) is 16.6 Å². The summed E-state index contributed by atoms with van der Waals surface area (Å²) in [5.74, 6) is -0.666. The van der Waals surface area contributed by atoms with Gasteiger partial charge in [0.1, 0.15) is 11.7 Å². The smallest absolute Gasteiger partial charge is 0.266 e. The van der Waals surface area contributed by atoms with Crippen LogP contribution < -0.4 is 14.7 Å². The van der Waals surface area contributed by atoms with Gasteiger partial charge in [-0.15, -0.1) is 0 Å². The first-order valence-electron chi connectivity index (χ1n) is 10.5. The molecule has 0 N–H and O–H groups in total. The zero-order valence-electron chi connectivity index (χ0n) is 17.4. The molecule has 5 rings (SSSR count). The topological polar surface area (TPSA) is 59.1 Å². The summed E-state index contributed by atoms with van der Waals surface area (Å²) in [4.78, 5) is 34.2. The fraction of sp³-hybridized carbons (Fsp3) is 0.200. The lowest BCUT2D eigenvalue weighted by Crippen LogP contribution is -2.37. The number of rotatable bonds is 5. The van der Waals surface area contributed by atoms with Crippen molar-refractivity contribution >= 4 is 34.8 Å². The zero-order valence-corrected chi connectivity index (χ0v) is 18.1. The number of halogens is 1. The molecule has 162 valence electrons. The summed E-state index contributed by atoms with van der Waals surface area (Å²) < 4.78 is 5.47. The summed E-state index contributed by atoms with van der Waals surface area (Å²) in [5, 5.41) is 2.27. The highest BCUT2D eigenvalue weighted by Gasteiger charge is 2.60. The number of para-hydroxylation sites is 1. The van der Waals surface area contributed by atoms with Crippen molar-refractivity contribution in [2.45, 2.75) is 19.1 Å². The van der Waals surface area contributed by atoms with Crippen molar-refractivity contribution in [3.8, 4) is 5.75 Å². The van der Waals surface area contributed by atoms with Crippen molar-refractivity contribution in [3.63, 3.8) is 0 Å². The van der Waals surface area contributed by atoms with E-state index in [0.29, 0.717) is 23.1 Å². The van der Waals surface area contributed by atoms with Gasteiger partial charge in [-0.3, -0.25) is 14.4 Å². The van der Waals surface area contributed by atoms with Crippen LogP contribution >= 0.6 is 11.6 Å². The normalized spacial score (nSPS) is 22.4. The van der Waals surface area contributed by atoms with E-state index in [4.69, 9.17) is 21.2 Å². The summed E-state index contributed by atoms with van der Waals surface area (Å²) in [6, 6.07) is 23.2. The molecule has 3 atom stereocenters. The molecule has 6 nitrogen and oxygen atoms in total. The average molecular weight is 449 g/mol. The van der Waals surface area contributed by atoms with E-state index in [1.807, 2.05) is 49.4 Å². The van der Waals surface area contributed by atoms with E-state index in [0.717, 1.165) is 11.3 Å². The highest BCUT2D eigenvalue weighted by atomic mass is 35.5. The van der Waals surface area contributed by atoms with Gasteiger partial charge in [0.05, 0.1) is 24.0 Å². The van der Waals surface area contributed by atoms with Gasteiger partial charge in [0.2, 0.25) is 5.91 Å². The molecule has 2 saturated heterocycles. The van der Waals surface area contributed by atoms with Crippen LogP contribution in [0, 0.1) is 5.92 Å². The molecule has 2 fully saturated rings. The average Bonchev–Trinajstić information content (AvgIpc) is 3.32. The molecule has 0 saturated carbocycles. The maximum atomic E-state index is 13.6. The monoisotopic (exact) mass is 448 g/mol. The van der Waals surface area contributed by atoms with E-state index in [1.165, 1.54) is 4.90 Å². The lowest BCUT2D eigenvalue weighted by molar-refractivity contribution is -0.126. The Bertz CT molecular complexity index is 1130. The van der Waals surface area contributed by atoms with Crippen LogP contribution in [0.25, 0.3) is 0 Å². The molecule has 7 heteroatoms. The lowest BCUT2D eigenvalue weighted by atomic mass is 9.90. The van der Waals surface area contributed by atoms with Crippen LogP contribution in [0.2, 0.25) is 5.02 Å². The first kappa shape index (κ1) is 20.5. The number of anilines is 2. The standard InChI is InChI=1S/C25H21ClN2O4/c1-2-31-20-14-12-18(13-15-20)27-24(29)21-22(16-8-10-17(26)11-9-16)28(32-23(21)25(27)30)19-6-4-3-5-7-19/h3-15,21-23H,2H2,1H3/t21-,22+,23+/m0/s1. The van der Waals surface area contributed by atoms with E-state index < -0.39 is 18.1 Å². The second-order valence-electron chi connectivity index (χ2n) is 7.65. The number of amides is 2. The number of nitrogens with zero attached hydrogens (tertiary/aromatic N) is 2. The number of carbonyl (C=O) groups is 2. The lowest BCUT2D eigenvalue weighted by Gasteiger charge is -2.28. The highest BCUT2D eigenvalue weighted by molar-refractivity contribution is 6.30. The molecule has 32 heavy (non-hydrogen) atoms. The van der Waals surface area contributed by atoms with E-state index in [9.17, 15) is 9.59 Å². The number of hydrogen-bond donors (Lipinski definition) is 0. The Hall–Kier alpha value is -3.35. The molecule has 3 aromatic rings. The third-order valence-electron chi connectivity index (χ3n) is 5.74. The summed E-state index contributed by atoms with van der Waals surface area (Å²) in [6.07, 6.45) is -0.907. The molecule has 0 aromatic heterocycles. The number of benzene rings is 3. The van der Waals surface area contributed by atoms with Gasteiger partial charge in [-0.1, -0.05) is 41.9 Å². The molecule has 0 spiro atoms. The van der Waals surface area contributed by atoms with Gasteiger partial charge in [0, 0.05) is 5.02 Å². The Labute approximate surface area is 190 Å². The maximum Gasteiger partial charge on any atom is 0.266 e. The molecule has 2 aliphatic heterocycles. The molecule has 2 aliphatic rings. The van der Waals surface area contributed by atoms with Gasteiger partial charge in [-0.2, -0.15) is 0 Å². The Kier molecular flexibility index (Phi) is 5.33. The van der Waals surface area contributed by atoms with Crippen molar-refractivity contribution in [3.05, 3.63) is 89.4 Å². The molecule has 0 bridgehead atoms. The predicted octanol–water partition coefficient (Wildman–Crippen LogP) is 4.79. The fourth-order valence-electron chi connectivity index (χ4n) is 4.32. The van der Waals surface area contributed by atoms with E-state index in [1.54, 1.807) is 41.5 Å². The second-order valence-corrected chi connectivity index (χ2v) is 8.08. The van der Waals surface area contributed by atoms with Crippen LogP contribution in [0.3, 0.4) is 0 Å². The van der Waals surface area contributed by atoms with Crippen molar-refractivity contribution in [1.29, 1.82) is 0 Å². The van der Waals surface area contributed by atoms with Crippen molar-refractivity contribution in [2.24, 2.45) is 5.92 Å². The SMILES string of the molecule is CCOc1ccc(N2C(=O)[C@H]3[C@@H](c4ccc(Cl)cc4)N(c4ccccc4)O[C@H]3C2=O)cc1. The van der Waals surface area contributed by atoms with Crippen LogP contribution in [0.15, 0.2) is 78.9 Å². The molecule has 0 radical (unpaired) electrons. The summed E-state index contributed by atoms with van der Waals surface area (Å²) >= 11 is 6.09. The van der Waals surface area contributed by atoms with Crippen molar-refractivity contribution in [1.82, 2.24) is 0 Å². The minimum atomic E-state index is -0.907. The summed E-state index contributed by atoms with van der Waals surface area (Å²) in [6.45, 7) is 2.44. The third kappa shape index (κ3) is 3.42. The summed E-state index contributed by atoms with van der Waals surface area (Å²) in [7, 11) is 0. The number of hydroxylamine groups is 1. The fourth-order valence-corrected chi connectivity index (χ4v) is 4.45. The van der Waals surface area contributed by atoms with E-state index >= 15 is 0 Å². The number of hydrogen-bond acceptors (Lipinski definition) is 5. The van der Waals surface area contributed by atoms with Gasteiger partial charge in [-0.05, 0) is 61.0 Å². The first-order chi connectivity index (χ1) is 15.6. The Morgan fingerprint density at radius 2 is 1.56 bits per heavy atom. The van der Waals surface area contributed by atoms with Gasteiger partial charge < -0.3 is 4.74 Å².